The molecule has 28 heavy (non-hydrogen) atoms. The van der Waals surface area contributed by atoms with Crippen molar-refractivity contribution in [1.29, 1.82) is 0 Å². The molecule has 0 unspecified atom stereocenters. The third-order valence-corrected chi connectivity index (χ3v) is 5.52. The molecule has 0 spiro atoms. The van der Waals surface area contributed by atoms with Crippen LogP contribution in [0.15, 0.2) is 65.1 Å². The molecule has 0 radical (unpaired) electrons. The van der Waals surface area contributed by atoms with Gasteiger partial charge in [-0.05, 0) is 61.3 Å². The van der Waals surface area contributed by atoms with Crippen molar-refractivity contribution >= 4 is 39.1 Å². The molecule has 5 heteroatoms. The van der Waals surface area contributed by atoms with E-state index in [-0.39, 0.29) is 0 Å². The number of rotatable bonds is 8. The highest BCUT2D eigenvalue weighted by molar-refractivity contribution is 9.10. The van der Waals surface area contributed by atoms with Gasteiger partial charge in [-0.3, -0.25) is 0 Å². The molecule has 0 aliphatic heterocycles. The van der Waals surface area contributed by atoms with Gasteiger partial charge in [0.2, 0.25) is 0 Å². The lowest BCUT2D eigenvalue weighted by Crippen LogP contribution is -2.17. The Morgan fingerprint density at radius 1 is 0.929 bits per heavy atom. The van der Waals surface area contributed by atoms with Crippen LogP contribution in [0.1, 0.15) is 22.3 Å². The Kier molecular flexibility index (Phi) is 7.81. The van der Waals surface area contributed by atoms with Gasteiger partial charge in [0, 0.05) is 26.6 Å². The first kappa shape index (κ1) is 21.2. The van der Waals surface area contributed by atoms with Gasteiger partial charge in [0.1, 0.15) is 12.4 Å². The number of halogens is 3. The summed E-state index contributed by atoms with van der Waals surface area (Å²) in [7, 11) is 0. The van der Waals surface area contributed by atoms with E-state index in [4.69, 9.17) is 27.9 Å². The van der Waals surface area contributed by atoms with Crippen LogP contribution in [-0.4, -0.2) is 6.54 Å². The highest BCUT2D eigenvalue weighted by Crippen LogP contribution is 2.25. The fourth-order valence-corrected chi connectivity index (χ4v) is 3.75. The van der Waals surface area contributed by atoms with Crippen LogP contribution >= 0.6 is 39.1 Å². The van der Waals surface area contributed by atoms with Crippen molar-refractivity contribution in [2.75, 3.05) is 6.54 Å². The molecule has 0 saturated carbocycles. The molecule has 2 nitrogen and oxygen atoms in total. The van der Waals surface area contributed by atoms with Gasteiger partial charge in [0.15, 0.2) is 0 Å². The fraction of sp³-hybridized carbons (Fsp3) is 0.217. The maximum Gasteiger partial charge on any atom is 0.124 e. The van der Waals surface area contributed by atoms with E-state index in [2.05, 4.69) is 58.5 Å². The van der Waals surface area contributed by atoms with Gasteiger partial charge in [-0.2, -0.15) is 0 Å². The predicted molar refractivity (Wildman–Crippen MR) is 122 cm³/mol. The summed E-state index contributed by atoms with van der Waals surface area (Å²) in [5.41, 5.74) is 4.61. The molecule has 0 aromatic heterocycles. The van der Waals surface area contributed by atoms with E-state index in [0.29, 0.717) is 23.2 Å². The number of hydrogen-bond acceptors (Lipinski definition) is 2. The lowest BCUT2D eigenvalue weighted by molar-refractivity contribution is 0.302. The highest BCUT2D eigenvalue weighted by Gasteiger charge is 2.06. The second kappa shape index (κ2) is 10.3. The van der Waals surface area contributed by atoms with Crippen LogP contribution < -0.4 is 10.1 Å². The average molecular weight is 479 g/mol. The molecule has 1 N–H and O–H groups in total. The van der Waals surface area contributed by atoms with E-state index in [0.717, 1.165) is 39.9 Å². The Labute approximate surface area is 185 Å². The number of hydrogen-bond donors (Lipinski definition) is 1. The van der Waals surface area contributed by atoms with E-state index in [1.807, 2.05) is 24.3 Å². The van der Waals surface area contributed by atoms with Crippen LogP contribution in [0.5, 0.6) is 5.75 Å². The molecule has 146 valence electrons. The smallest absolute Gasteiger partial charge is 0.124 e. The minimum absolute atomic E-state index is 0.551. The summed E-state index contributed by atoms with van der Waals surface area (Å²) in [5.74, 6) is 0.890. The van der Waals surface area contributed by atoms with E-state index in [1.54, 1.807) is 6.07 Å². The Morgan fingerprint density at radius 2 is 1.71 bits per heavy atom. The van der Waals surface area contributed by atoms with Gasteiger partial charge in [-0.1, -0.05) is 75.0 Å². The number of nitrogens with one attached hydrogen (secondary N) is 1. The van der Waals surface area contributed by atoms with Gasteiger partial charge < -0.3 is 10.1 Å². The molecule has 0 aliphatic rings. The molecule has 3 rings (SSSR count). The van der Waals surface area contributed by atoms with E-state index in [9.17, 15) is 0 Å². The molecule has 0 amide bonds. The van der Waals surface area contributed by atoms with Crippen LogP contribution in [-0.2, 0) is 19.6 Å². The number of aryl methyl sites for hydroxylation is 1. The highest BCUT2D eigenvalue weighted by atomic mass is 79.9. The Morgan fingerprint density at radius 3 is 2.46 bits per heavy atom. The van der Waals surface area contributed by atoms with Crippen molar-refractivity contribution in [3.63, 3.8) is 0 Å². The fourth-order valence-electron chi connectivity index (χ4n) is 2.84. The summed E-state index contributed by atoms with van der Waals surface area (Å²) in [6.07, 6.45) is 0.837. The lowest BCUT2D eigenvalue weighted by Gasteiger charge is -2.13. The molecular formula is C23H22BrCl2NO. The Hall–Kier alpha value is -1.52. The molecule has 0 bridgehead atoms. The second-order valence-corrected chi connectivity index (χ2v) is 8.45. The summed E-state index contributed by atoms with van der Waals surface area (Å²) < 4.78 is 7.10. The Balaban J connectivity index is 1.56. The van der Waals surface area contributed by atoms with Crippen molar-refractivity contribution in [3.05, 3.63) is 97.4 Å². The van der Waals surface area contributed by atoms with Gasteiger partial charge in [0.05, 0.1) is 0 Å². The monoisotopic (exact) mass is 477 g/mol. The van der Waals surface area contributed by atoms with E-state index >= 15 is 0 Å². The zero-order chi connectivity index (χ0) is 19.9. The van der Waals surface area contributed by atoms with Crippen molar-refractivity contribution in [3.8, 4) is 5.75 Å². The number of benzene rings is 3. The average Bonchev–Trinajstić information content (AvgIpc) is 2.67. The summed E-state index contributed by atoms with van der Waals surface area (Å²) in [6, 6.07) is 20.1. The Bertz CT molecular complexity index is 928. The summed E-state index contributed by atoms with van der Waals surface area (Å²) in [5, 5.41) is 4.84. The minimum atomic E-state index is 0.551. The molecular weight excluding hydrogens is 457 g/mol. The SMILES string of the molecule is Cc1ccc(COc2ccc(Br)cc2CNCCc2ccc(Cl)cc2Cl)cc1. The predicted octanol–water partition coefficient (Wildman–Crippen LogP) is 6.98. The van der Waals surface area contributed by atoms with Crippen LogP contribution in [0.4, 0.5) is 0 Å². The first-order chi connectivity index (χ1) is 13.5. The summed E-state index contributed by atoms with van der Waals surface area (Å²) in [6.45, 7) is 4.16. The first-order valence-electron chi connectivity index (χ1n) is 9.12. The van der Waals surface area contributed by atoms with Crippen LogP contribution in [0, 0.1) is 6.92 Å². The van der Waals surface area contributed by atoms with Gasteiger partial charge >= 0.3 is 0 Å². The van der Waals surface area contributed by atoms with Crippen molar-refractivity contribution in [2.45, 2.75) is 26.5 Å². The quantitative estimate of drug-likeness (QED) is 0.352. The van der Waals surface area contributed by atoms with Crippen molar-refractivity contribution < 1.29 is 4.74 Å². The summed E-state index contributed by atoms with van der Waals surface area (Å²) in [4.78, 5) is 0. The molecule has 0 heterocycles. The molecule has 0 saturated heterocycles. The summed E-state index contributed by atoms with van der Waals surface area (Å²) >= 11 is 15.7. The van der Waals surface area contributed by atoms with E-state index < -0.39 is 0 Å². The molecule has 0 fully saturated rings. The molecule has 0 aliphatic carbocycles. The number of ether oxygens (including phenoxy) is 1. The normalized spacial score (nSPS) is 10.9. The van der Waals surface area contributed by atoms with Crippen molar-refractivity contribution in [1.82, 2.24) is 5.32 Å². The second-order valence-electron chi connectivity index (χ2n) is 6.69. The third-order valence-electron chi connectivity index (χ3n) is 4.44. The topological polar surface area (TPSA) is 21.3 Å². The van der Waals surface area contributed by atoms with Gasteiger partial charge in [-0.15, -0.1) is 0 Å². The molecule has 3 aromatic rings. The maximum absolute atomic E-state index is 6.24. The third kappa shape index (κ3) is 6.25. The first-order valence-corrected chi connectivity index (χ1v) is 10.7. The van der Waals surface area contributed by atoms with Gasteiger partial charge in [-0.25, -0.2) is 0 Å². The minimum Gasteiger partial charge on any atom is -0.489 e. The van der Waals surface area contributed by atoms with Crippen LogP contribution in [0.25, 0.3) is 0 Å². The zero-order valence-electron chi connectivity index (χ0n) is 15.6. The van der Waals surface area contributed by atoms with Crippen LogP contribution in [0.2, 0.25) is 10.0 Å². The standard InChI is InChI=1S/C23H22BrCl2NO/c1-16-2-4-17(5-3-16)15-28-23-9-7-20(24)12-19(23)14-27-11-10-18-6-8-21(25)13-22(18)26/h2-9,12-13,27H,10-11,14-15H2,1H3. The lowest BCUT2D eigenvalue weighted by atomic mass is 10.1. The molecule has 0 atom stereocenters. The largest absolute Gasteiger partial charge is 0.489 e. The van der Waals surface area contributed by atoms with Gasteiger partial charge in [0.25, 0.3) is 0 Å². The van der Waals surface area contributed by atoms with Crippen molar-refractivity contribution in [2.24, 2.45) is 0 Å². The molecule has 3 aromatic carbocycles. The maximum atomic E-state index is 6.24. The van der Waals surface area contributed by atoms with E-state index in [1.165, 1.54) is 5.56 Å². The van der Waals surface area contributed by atoms with Crippen LogP contribution in [0.3, 0.4) is 0 Å². The zero-order valence-corrected chi connectivity index (χ0v) is 18.7.